The lowest BCUT2D eigenvalue weighted by Gasteiger charge is -2.16. The number of carbonyl (C=O) groups excluding carboxylic acids is 1. The van der Waals surface area contributed by atoms with Gasteiger partial charge < -0.3 is 15.2 Å². The van der Waals surface area contributed by atoms with E-state index in [1.165, 1.54) is 0 Å². The van der Waals surface area contributed by atoms with Crippen LogP contribution in [0.4, 0.5) is 0 Å². The first-order valence-electron chi connectivity index (χ1n) is 6.36. The summed E-state index contributed by atoms with van der Waals surface area (Å²) in [5.74, 6) is 0.414. The zero-order chi connectivity index (χ0) is 14.3. The highest BCUT2D eigenvalue weighted by atomic mass is 35.5. The van der Waals surface area contributed by atoms with Gasteiger partial charge in [0, 0.05) is 23.2 Å². The van der Waals surface area contributed by atoms with Crippen molar-refractivity contribution in [3.8, 4) is 5.75 Å². The lowest BCUT2D eigenvalue weighted by atomic mass is 10.1. The van der Waals surface area contributed by atoms with Gasteiger partial charge in [-0.15, -0.1) is 0 Å². The molecule has 0 radical (unpaired) electrons. The van der Waals surface area contributed by atoms with Crippen molar-refractivity contribution in [2.45, 2.75) is 32.7 Å². The Balaban J connectivity index is 2.47. The second-order valence-corrected chi connectivity index (χ2v) is 4.74. The van der Waals surface area contributed by atoms with Gasteiger partial charge in [0.2, 0.25) is 0 Å². The van der Waals surface area contributed by atoms with Crippen LogP contribution in [0.25, 0.3) is 0 Å². The van der Waals surface area contributed by atoms with Gasteiger partial charge in [0.1, 0.15) is 5.75 Å². The molecular formula is C14H20ClNO3. The van der Waals surface area contributed by atoms with Gasteiger partial charge in [0.05, 0.1) is 0 Å². The molecule has 0 bridgehead atoms. The van der Waals surface area contributed by atoms with Gasteiger partial charge in [0.25, 0.3) is 5.91 Å². The van der Waals surface area contributed by atoms with Crippen LogP contribution in [-0.4, -0.2) is 30.3 Å². The minimum absolute atomic E-state index is 0.0124. The number of amides is 1. The van der Waals surface area contributed by atoms with Crippen molar-refractivity contribution in [1.82, 2.24) is 5.32 Å². The number of rotatable bonds is 7. The average Bonchev–Trinajstić information content (AvgIpc) is 2.40. The van der Waals surface area contributed by atoms with Gasteiger partial charge >= 0.3 is 0 Å². The third kappa shape index (κ3) is 5.09. The number of benzene rings is 1. The van der Waals surface area contributed by atoms with E-state index in [-0.39, 0.29) is 25.2 Å². The van der Waals surface area contributed by atoms with Gasteiger partial charge in [0.15, 0.2) is 6.61 Å². The standard InChI is InChI=1S/C14H20ClNO3/c1-3-11(7-8-17)16-14(18)9-19-13-6-4-5-12(15)10(13)2/h4-6,11,17H,3,7-9H2,1-2H3,(H,16,18). The number of ether oxygens (including phenoxy) is 1. The van der Waals surface area contributed by atoms with Crippen molar-refractivity contribution < 1.29 is 14.6 Å². The van der Waals surface area contributed by atoms with Gasteiger partial charge in [-0.25, -0.2) is 0 Å². The fourth-order valence-electron chi connectivity index (χ4n) is 1.69. The smallest absolute Gasteiger partial charge is 0.258 e. The molecule has 0 heterocycles. The Hall–Kier alpha value is -1.26. The monoisotopic (exact) mass is 285 g/mol. The number of aliphatic hydroxyl groups excluding tert-OH is 1. The molecule has 2 N–H and O–H groups in total. The summed E-state index contributed by atoms with van der Waals surface area (Å²) >= 11 is 5.97. The minimum atomic E-state index is -0.195. The first kappa shape index (κ1) is 15.8. The Bertz CT molecular complexity index is 423. The van der Waals surface area contributed by atoms with E-state index in [9.17, 15) is 4.79 Å². The van der Waals surface area contributed by atoms with Crippen LogP contribution in [0.5, 0.6) is 5.75 Å². The molecule has 1 rings (SSSR count). The van der Waals surface area contributed by atoms with Crippen molar-refractivity contribution in [1.29, 1.82) is 0 Å². The summed E-state index contributed by atoms with van der Waals surface area (Å²) in [6.07, 6.45) is 1.33. The SMILES string of the molecule is CCC(CCO)NC(=O)COc1cccc(Cl)c1C. The van der Waals surface area contributed by atoms with Crippen LogP contribution < -0.4 is 10.1 Å². The molecule has 1 atom stereocenters. The van der Waals surface area contributed by atoms with Crippen LogP contribution >= 0.6 is 11.6 Å². The summed E-state index contributed by atoms with van der Waals surface area (Å²) in [5.41, 5.74) is 0.819. The second kappa shape index (κ2) is 8.02. The lowest BCUT2D eigenvalue weighted by Crippen LogP contribution is -2.38. The molecule has 0 aliphatic carbocycles. The van der Waals surface area contributed by atoms with E-state index in [0.29, 0.717) is 17.2 Å². The Labute approximate surface area is 118 Å². The van der Waals surface area contributed by atoms with Crippen LogP contribution in [0.3, 0.4) is 0 Å². The van der Waals surface area contributed by atoms with Gasteiger partial charge in [-0.05, 0) is 31.9 Å². The molecule has 1 amide bonds. The molecule has 1 aromatic rings. The molecule has 1 aromatic carbocycles. The average molecular weight is 286 g/mol. The van der Waals surface area contributed by atoms with Crippen molar-refractivity contribution in [2.75, 3.05) is 13.2 Å². The molecule has 5 heteroatoms. The molecular weight excluding hydrogens is 266 g/mol. The Morgan fingerprint density at radius 1 is 1.53 bits per heavy atom. The topological polar surface area (TPSA) is 58.6 Å². The molecule has 0 aliphatic heterocycles. The maximum Gasteiger partial charge on any atom is 0.258 e. The van der Waals surface area contributed by atoms with E-state index in [4.69, 9.17) is 21.4 Å². The second-order valence-electron chi connectivity index (χ2n) is 4.34. The third-order valence-corrected chi connectivity index (χ3v) is 3.32. The number of hydrogen-bond donors (Lipinski definition) is 2. The quantitative estimate of drug-likeness (QED) is 0.808. The summed E-state index contributed by atoms with van der Waals surface area (Å²) in [5, 5.41) is 12.3. The van der Waals surface area contributed by atoms with E-state index in [2.05, 4.69) is 5.32 Å². The van der Waals surface area contributed by atoms with E-state index >= 15 is 0 Å². The predicted molar refractivity (Wildman–Crippen MR) is 75.6 cm³/mol. The molecule has 0 saturated heterocycles. The van der Waals surface area contributed by atoms with Gasteiger partial charge in [-0.2, -0.15) is 0 Å². The summed E-state index contributed by atoms with van der Waals surface area (Å²) in [6, 6.07) is 5.32. The molecule has 0 aromatic heterocycles. The van der Waals surface area contributed by atoms with Crippen LogP contribution in [0.15, 0.2) is 18.2 Å². The van der Waals surface area contributed by atoms with Crippen LogP contribution in [-0.2, 0) is 4.79 Å². The zero-order valence-corrected chi connectivity index (χ0v) is 12.0. The summed E-state index contributed by atoms with van der Waals surface area (Å²) in [7, 11) is 0. The summed E-state index contributed by atoms with van der Waals surface area (Å²) < 4.78 is 5.44. The molecule has 0 spiro atoms. The maximum atomic E-state index is 11.7. The Morgan fingerprint density at radius 2 is 2.26 bits per heavy atom. The highest BCUT2D eigenvalue weighted by Crippen LogP contribution is 2.24. The largest absolute Gasteiger partial charge is 0.483 e. The molecule has 19 heavy (non-hydrogen) atoms. The molecule has 1 unspecified atom stereocenters. The van der Waals surface area contributed by atoms with Crippen LogP contribution in [0.2, 0.25) is 5.02 Å². The van der Waals surface area contributed by atoms with Crippen molar-refractivity contribution >= 4 is 17.5 Å². The lowest BCUT2D eigenvalue weighted by molar-refractivity contribution is -0.123. The summed E-state index contributed by atoms with van der Waals surface area (Å²) in [4.78, 5) is 11.7. The number of carbonyl (C=O) groups is 1. The fraction of sp³-hybridized carbons (Fsp3) is 0.500. The minimum Gasteiger partial charge on any atom is -0.483 e. The van der Waals surface area contributed by atoms with Gasteiger partial charge in [-0.1, -0.05) is 24.6 Å². The predicted octanol–water partition coefficient (Wildman–Crippen LogP) is 2.30. The Morgan fingerprint density at radius 3 is 2.89 bits per heavy atom. The molecule has 0 fully saturated rings. The number of aliphatic hydroxyl groups is 1. The number of halogens is 1. The molecule has 0 saturated carbocycles. The first-order chi connectivity index (χ1) is 9.08. The van der Waals surface area contributed by atoms with E-state index < -0.39 is 0 Å². The fourth-order valence-corrected chi connectivity index (χ4v) is 1.86. The van der Waals surface area contributed by atoms with E-state index in [1.54, 1.807) is 18.2 Å². The number of hydrogen-bond acceptors (Lipinski definition) is 3. The van der Waals surface area contributed by atoms with Crippen LogP contribution in [0.1, 0.15) is 25.3 Å². The highest BCUT2D eigenvalue weighted by molar-refractivity contribution is 6.31. The third-order valence-electron chi connectivity index (χ3n) is 2.91. The van der Waals surface area contributed by atoms with Crippen molar-refractivity contribution in [2.24, 2.45) is 0 Å². The zero-order valence-electron chi connectivity index (χ0n) is 11.3. The molecule has 106 valence electrons. The number of nitrogens with one attached hydrogen (secondary N) is 1. The summed E-state index contributed by atoms with van der Waals surface area (Å²) in [6.45, 7) is 3.81. The Kier molecular flexibility index (Phi) is 6.67. The highest BCUT2D eigenvalue weighted by Gasteiger charge is 2.11. The maximum absolute atomic E-state index is 11.7. The van der Waals surface area contributed by atoms with Crippen molar-refractivity contribution in [3.05, 3.63) is 28.8 Å². The van der Waals surface area contributed by atoms with E-state index in [0.717, 1.165) is 12.0 Å². The normalized spacial score (nSPS) is 12.0. The van der Waals surface area contributed by atoms with E-state index in [1.807, 2.05) is 13.8 Å². The van der Waals surface area contributed by atoms with Crippen molar-refractivity contribution in [3.63, 3.8) is 0 Å². The van der Waals surface area contributed by atoms with Gasteiger partial charge in [-0.3, -0.25) is 4.79 Å². The molecule has 4 nitrogen and oxygen atoms in total. The van der Waals surface area contributed by atoms with Crippen LogP contribution in [0, 0.1) is 6.92 Å². The first-order valence-corrected chi connectivity index (χ1v) is 6.74. The molecule has 0 aliphatic rings.